The van der Waals surface area contributed by atoms with Gasteiger partial charge in [0.15, 0.2) is 0 Å². The molecule has 0 radical (unpaired) electrons. The lowest BCUT2D eigenvalue weighted by Gasteiger charge is -1.99. The molecule has 1 aliphatic carbocycles. The maximum atomic E-state index is 4.05. The lowest BCUT2D eigenvalue weighted by Crippen LogP contribution is -1.92. The van der Waals surface area contributed by atoms with E-state index in [1.165, 1.54) is 12.8 Å². The highest BCUT2D eigenvalue weighted by Gasteiger charge is 2.24. The minimum atomic E-state index is 0.718. The summed E-state index contributed by atoms with van der Waals surface area (Å²) in [6.45, 7) is 3.71. The predicted molar refractivity (Wildman–Crippen MR) is 40.6 cm³/mol. The first-order valence-electron chi connectivity index (χ1n) is 3.56. The molecule has 0 amide bonds. The Morgan fingerprint density at radius 3 is 3.10 bits per heavy atom. The van der Waals surface area contributed by atoms with Gasteiger partial charge in [0, 0.05) is 6.04 Å². The van der Waals surface area contributed by atoms with Crippen LogP contribution in [0.15, 0.2) is 19.1 Å². The van der Waals surface area contributed by atoms with E-state index in [-0.39, 0.29) is 0 Å². The molecule has 1 aliphatic rings. The molecule has 1 aromatic rings. The summed E-state index contributed by atoms with van der Waals surface area (Å²) in [5.41, 5.74) is 1.14. The van der Waals surface area contributed by atoms with Gasteiger partial charge in [-0.05, 0) is 18.9 Å². The van der Waals surface area contributed by atoms with E-state index >= 15 is 0 Å². The highest BCUT2D eigenvalue weighted by atomic mass is 15.1. The van der Waals surface area contributed by atoms with Crippen molar-refractivity contribution in [1.29, 1.82) is 0 Å². The Bertz CT molecular complexity index is 246. The number of aromatic nitrogens is 2. The molecule has 0 N–H and O–H groups in total. The Labute approximate surface area is 60.2 Å². The molecule has 1 saturated carbocycles. The zero-order valence-electron chi connectivity index (χ0n) is 5.83. The number of hydrogen-bond donors (Lipinski definition) is 0. The van der Waals surface area contributed by atoms with Gasteiger partial charge >= 0.3 is 0 Å². The molecular formula is C8H10N2. The molecule has 2 rings (SSSR count). The molecule has 1 aromatic heterocycles. The van der Waals surface area contributed by atoms with Gasteiger partial charge in [-0.1, -0.05) is 6.58 Å². The quantitative estimate of drug-likeness (QED) is 0.603. The maximum absolute atomic E-state index is 4.05. The Hall–Kier alpha value is -1.05. The molecule has 1 fully saturated rings. The summed E-state index contributed by atoms with van der Waals surface area (Å²) in [5, 5.41) is 0. The molecule has 0 atom stereocenters. The van der Waals surface area contributed by atoms with Crippen molar-refractivity contribution in [3.8, 4) is 0 Å². The molecule has 2 nitrogen and oxygen atoms in total. The summed E-state index contributed by atoms with van der Waals surface area (Å²) in [6, 6.07) is 0.718. The van der Waals surface area contributed by atoms with Crippen LogP contribution in [0.25, 0.3) is 6.08 Å². The van der Waals surface area contributed by atoms with Crippen molar-refractivity contribution in [3.63, 3.8) is 0 Å². The molecule has 0 aliphatic heterocycles. The van der Waals surface area contributed by atoms with Crippen molar-refractivity contribution in [2.24, 2.45) is 0 Å². The van der Waals surface area contributed by atoms with Crippen molar-refractivity contribution < 1.29 is 0 Å². The molecule has 0 aromatic carbocycles. The van der Waals surface area contributed by atoms with E-state index < -0.39 is 0 Å². The highest BCUT2D eigenvalue weighted by Crippen LogP contribution is 2.35. The van der Waals surface area contributed by atoms with Crippen LogP contribution in [-0.4, -0.2) is 9.55 Å². The summed E-state index contributed by atoms with van der Waals surface area (Å²) in [4.78, 5) is 4.05. The molecule has 1 heterocycles. The van der Waals surface area contributed by atoms with Gasteiger partial charge in [0.1, 0.15) is 0 Å². The van der Waals surface area contributed by atoms with Crippen molar-refractivity contribution in [2.45, 2.75) is 18.9 Å². The lowest BCUT2D eigenvalue weighted by molar-refractivity contribution is 0.734. The lowest BCUT2D eigenvalue weighted by atomic mass is 10.4. The van der Waals surface area contributed by atoms with Gasteiger partial charge in [-0.25, -0.2) is 4.98 Å². The Morgan fingerprint density at radius 2 is 2.50 bits per heavy atom. The van der Waals surface area contributed by atoms with E-state index in [4.69, 9.17) is 0 Å². The fourth-order valence-electron chi connectivity index (χ4n) is 1.13. The van der Waals surface area contributed by atoms with E-state index in [9.17, 15) is 0 Å². The molecule has 0 bridgehead atoms. The number of nitrogens with zero attached hydrogens (tertiary/aromatic N) is 2. The van der Waals surface area contributed by atoms with Crippen molar-refractivity contribution in [1.82, 2.24) is 9.55 Å². The van der Waals surface area contributed by atoms with Gasteiger partial charge in [0.05, 0.1) is 18.2 Å². The van der Waals surface area contributed by atoms with E-state index in [0.717, 1.165) is 11.7 Å². The fourth-order valence-corrected chi connectivity index (χ4v) is 1.13. The smallest absolute Gasteiger partial charge is 0.0953 e. The summed E-state index contributed by atoms with van der Waals surface area (Å²) in [7, 11) is 0. The van der Waals surface area contributed by atoms with E-state index in [1.807, 2.05) is 18.6 Å². The molecule has 52 valence electrons. The van der Waals surface area contributed by atoms with Gasteiger partial charge in [0.2, 0.25) is 0 Å². The SMILES string of the molecule is C=Cc1cncn1C1CC1. The van der Waals surface area contributed by atoms with Crippen LogP contribution in [-0.2, 0) is 0 Å². The summed E-state index contributed by atoms with van der Waals surface area (Å²) in [6.07, 6.45) is 8.19. The first-order valence-corrected chi connectivity index (χ1v) is 3.56. The molecule has 10 heavy (non-hydrogen) atoms. The minimum absolute atomic E-state index is 0.718. The Kier molecular flexibility index (Phi) is 1.13. The van der Waals surface area contributed by atoms with Gasteiger partial charge in [-0.15, -0.1) is 0 Å². The number of imidazole rings is 1. The number of rotatable bonds is 2. The van der Waals surface area contributed by atoms with Crippen LogP contribution in [0, 0.1) is 0 Å². The Morgan fingerprint density at radius 1 is 1.70 bits per heavy atom. The van der Waals surface area contributed by atoms with Crippen LogP contribution in [0.3, 0.4) is 0 Å². The van der Waals surface area contributed by atoms with Crippen LogP contribution in [0.5, 0.6) is 0 Å². The average molecular weight is 134 g/mol. The Balaban J connectivity index is 2.37. The van der Waals surface area contributed by atoms with Crippen LogP contribution >= 0.6 is 0 Å². The zero-order chi connectivity index (χ0) is 6.97. The van der Waals surface area contributed by atoms with Crippen LogP contribution in [0.2, 0.25) is 0 Å². The molecule has 2 heteroatoms. The minimum Gasteiger partial charge on any atom is -0.328 e. The monoisotopic (exact) mass is 134 g/mol. The normalized spacial score (nSPS) is 17.2. The standard InChI is InChI=1S/C8H10N2/c1-2-7-5-9-6-10(7)8-3-4-8/h2,5-6,8H,1,3-4H2. The number of hydrogen-bond acceptors (Lipinski definition) is 1. The second kappa shape index (κ2) is 1.97. The van der Waals surface area contributed by atoms with Crippen molar-refractivity contribution in [2.75, 3.05) is 0 Å². The van der Waals surface area contributed by atoms with E-state index in [1.54, 1.807) is 0 Å². The molecule has 0 saturated heterocycles. The predicted octanol–water partition coefficient (Wildman–Crippen LogP) is 1.86. The molecule has 0 unspecified atom stereocenters. The third kappa shape index (κ3) is 0.764. The first kappa shape index (κ1) is 5.71. The van der Waals surface area contributed by atoms with Gasteiger partial charge in [-0.2, -0.15) is 0 Å². The fraction of sp³-hybridized carbons (Fsp3) is 0.375. The maximum Gasteiger partial charge on any atom is 0.0953 e. The topological polar surface area (TPSA) is 17.8 Å². The van der Waals surface area contributed by atoms with E-state index in [2.05, 4.69) is 16.1 Å². The summed E-state index contributed by atoms with van der Waals surface area (Å²) >= 11 is 0. The summed E-state index contributed by atoms with van der Waals surface area (Å²) < 4.78 is 2.19. The van der Waals surface area contributed by atoms with Crippen LogP contribution in [0.1, 0.15) is 24.6 Å². The van der Waals surface area contributed by atoms with Gasteiger partial charge in [-0.3, -0.25) is 0 Å². The molecular weight excluding hydrogens is 124 g/mol. The average Bonchev–Trinajstić information content (AvgIpc) is 2.69. The zero-order valence-corrected chi connectivity index (χ0v) is 5.83. The van der Waals surface area contributed by atoms with Crippen molar-refractivity contribution in [3.05, 3.63) is 24.8 Å². The second-order valence-electron chi connectivity index (χ2n) is 2.66. The molecule has 0 spiro atoms. The van der Waals surface area contributed by atoms with Gasteiger partial charge in [0.25, 0.3) is 0 Å². The second-order valence-corrected chi connectivity index (χ2v) is 2.66. The van der Waals surface area contributed by atoms with E-state index in [0.29, 0.717) is 0 Å². The highest BCUT2D eigenvalue weighted by molar-refractivity contribution is 5.40. The van der Waals surface area contributed by atoms with Crippen molar-refractivity contribution >= 4 is 6.08 Å². The van der Waals surface area contributed by atoms with Crippen LogP contribution in [0.4, 0.5) is 0 Å². The van der Waals surface area contributed by atoms with Crippen LogP contribution < -0.4 is 0 Å². The third-order valence-electron chi connectivity index (χ3n) is 1.85. The first-order chi connectivity index (χ1) is 4.92. The largest absolute Gasteiger partial charge is 0.328 e. The third-order valence-corrected chi connectivity index (χ3v) is 1.85. The van der Waals surface area contributed by atoms with Gasteiger partial charge < -0.3 is 4.57 Å². The summed E-state index contributed by atoms with van der Waals surface area (Å²) in [5.74, 6) is 0.